The van der Waals surface area contributed by atoms with Crippen molar-refractivity contribution < 1.29 is 4.84 Å². The molecular weight excluding hydrogens is 128 g/mol. The fraction of sp³-hybridized carbons (Fsp3) is 1.00. The number of hydrogen-bond acceptors (Lipinski definition) is 3. The van der Waals surface area contributed by atoms with E-state index in [-0.39, 0.29) is 0 Å². The molecule has 0 aliphatic carbocycles. The van der Waals surface area contributed by atoms with Gasteiger partial charge in [-0.1, -0.05) is 6.92 Å². The summed E-state index contributed by atoms with van der Waals surface area (Å²) in [5, 5.41) is 0. The van der Waals surface area contributed by atoms with Crippen molar-refractivity contribution in [2.75, 3.05) is 26.2 Å². The largest absolute Gasteiger partial charge is 0.304 e. The van der Waals surface area contributed by atoms with Gasteiger partial charge in [-0.05, 0) is 25.4 Å². The Labute approximate surface area is 62.1 Å². The van der Waals surface area contributed by atoms with E-state index in [0.717, 1.165) is 19.7 Å². The summed E-state index contributed by atoms with van der Waals surface area (Å²) in [6.07, 6.45) is 1.24. The van der Waals surface area contributed by atoms with E-state index >= 15 is 0 Å². The van der Waals surface area contributed by atoms with E-state index in [1.165, 1.54) is 13.0 Å². The molecule has 2 N–H and O–H groups in total. The molecule has 0 saturated carbocycles. The topological polar surface area (TPSA) is 38.5 Å². The van der Waals surface area contributed by atoms with E-state index in [1.54, 1.807) is 0 Å². The molecule has 1 fully saturated rings. The van der Waals surface area contributed by atoms with Gasteiger partial charge in [0.1, 0.15) is 0 Å². The van der Waals surface area contributed by atoms with Gasteiger partial charge in [-0.3, -0.25) is 0 Å². The minimum Gasteiger partial charge on any atom is -0.304 e. The molecule has 10 heavy (non-hydrogen) atoms. The third kappa shape index (κ3) is 1.94. The van der Waals surface area contributed by atoms with Gasteiger partial charge in [-0.2, -0.15) is 0 Å². The summed E-state index contributed by atoms with van der Waals surface area (Å²) >= 11 is 0. The molecule has 0 aromatic rings. The Hall–Kier alpha value is -0.120. The molecule has 1 heterocycles. The van der Waals surface area contributed by atoms with Gasteiger partial charge in [-0.15, -0.1) is 0 Å². The highest BCUT2D eigenvalue weighted by atomic mass is 16.6. The number of likely N-dealkylation sites (tertiary alicyclic amines) is 1. The summed E-state index contributed by atoms with van der Waals surface area (Å²) in [5.41, 5.74) is 0. The van der Waals surface area contributed by atoms with Gasteiger partial charge < -0.3 is 9.74 Å². The van der Waals surface area contributed by atoms with Crippen molar-refractivity contribution in [3.8, 4) is 0 Å². The summed E-state index contributed by atoms with van der Waals surface area (Å²) in [6.45, 7) is 6.43. The van der Waals surface area contributed by atoms with Crippen molar-refractivity contribution in [2.24, 2.45) is 11.8 Å². The van der Waals surface area contributed by atoms with E-state index in [1.807, 2.05) is 0 Å². The van der Waals surface area contributed by atoms with Crippen molar-refractivity contribution in [1.29, 1.82) is 0 Å². The molecule has 0 radical (unpaired) electrons. The Morgan fingerprint density at radius 1 is 1.70 bits per heavy atom. The number of nitrogens with two attached hydrogens (primary N) is 1. The molecule has 0 aromatic heterocycles. The third-order valence-corrected chi connectivity index (χ3v) is 2.15. The van der Waals surface area contributed by atoms with Crippen LogP contribution in [-0.2, 0) is 4.84 Å². The molecule has 3 heteroatoms. The van der Waals surface area contributed by atoms with Gasteiger partial charge in [0.2, 0.25) is 0 Å². The predicted molar refractivity (Wildman–Crippen MR) is 40.4 cm³/mol. The zero-order chi connectivity index (χ0) is 7.40. The molecule has 0 spiro atoms. The maximum atomic E-state index is 4.98. The van der Waals surface area contributed by atoms with Crippen LogP contribution in [-0.4, -0.2) is 31.1 Å². The normalized spacial score (nSPS) is 27.6. The van der Waals surface area contributed by atoms with Crippen molar-refractivity contribution in [1.82, 2.24) is 4.90 Å². The molecule has 0 amide bonds. The predicted octanol–water partition coefficient (Wildman–Crippen LogP) is 0.219. The fourth-order valence-corrected chi connectivity index (χ4v) is 1.47. The van der Waals surface area contributed by atoms with Gasteiger partial charge in [0.15, 0.2) is 0 Å². The van der Waals surface area contributed by atoms with Crippen LogP contribution in [0, 0.1) is 5.92 Å². The molecule has 1 saturated heterocycles. The number of hydrogen-bond donors (Lipinski definition) is 1. The van der Waals surface area contributed by atoms with Crippen LogP contribution in [0.3, 0.4) is 0 Å². The number of rotatable bonds is 3. The maximum Gasteiger partial charge on any atom is 0.0720 e. The van der Waals surface area contributed by atoms with Crippen LogP contribution >= 0.6 is 0 Å². The highest BCUT2D eigenvalue weighted by molar-refractivity contribution is 4.73. The first-order valence-corrected chi connectivity index (χ1v) is 3.90. The molecule has 3 nitrogen and oxygen atoms in total. The van der Waals surface area contributed by atoms with Gasteiger partial charge in [0, 0.05) is 6.54 Å². The Morgan fingerprint density at radius 3 is 3.00 bits per heavy atom. The Morgan fingerprint density at radius 2 is 2.50 bits per heavy atom. The van der Waals surface area contributed by atoms with Gasteiger partial charge >= 0.3 is 0 Å². The van der Waals surface area contributed by atoms with Crippen molar-refractivity contribution in [3.05, 3.63) is 0 Å². The first kappa shape index (κ1) is 7.98. The van der Waals surface area contributed by atoms with E-state index in [2.05, 4.69) is 16.7 Å². The van der Waals surface area contributed by atoms with Crippen LogP contribution in [0.1, 0.15) is 13.3 Å². The van der Waals surface area contributed by atoms with Crippen LogP contribution in [0.2, 0.25) is 0 Å². The standard InChI is InChI=1S/C7H16N2O/c1-2-9-4-3-7(5-9)6-10-8/h7H,2-6,8H2,1H3. The average Bonchev–Trinajstić information content (AvgIpc) is 2.37. The molecular formula is C7H16N2O. The molecule has 1 rings (SSSR count). The molecule has 0 bridgehead atoms. The lowest BCUT2D eigenvalue weighted by atomic mass is 10.1. The van der Waals surface area contributed by atoms with Gasteiger partial charge in [0.05, 0.1) is 6.61 Å². The van der Waals surface area contributed by atoms with Gasteiger partial charge in [0.25, 0.3) is 0 Å². The van der Waals surface area contributed by atoms with Crippen LogP contribution in [0.4, 0.5) is 0 Å². The number of nitrogens with zero attached hydrogens (tertiary/aromatic N) is 1. The summed E-state index contributed by atoms with van der Waals surface area (Å²) < 4.78 is 0. The average molecular weight is 144 g/mol. The molecule has 0 aromatic carbocycles. The van der Waals surface area contributed by atoms with Crippen LogP contribution in [0.25, 0.3) is 0 Å². The van der Waals surface area contributed by atoms with Crippen LogP contribution in [0.5, 0.6) is 0 Å². The highest BCUT2D eigenvalue weighted by Crippen LogP contribution is 2.14. The molecule has 1 aliphatic rings. The van der Waals surface area contributed by atoms with E-state index in [4.69, 9.17) is 5.90 Å². The highest BCUT2D eigenvalue weighted by Gasteiger charge is 2.20. The third-order valence-electron chi connectivity index (χ3n) is 2.15. The van der Waals surface area contributed by atoms with Crippen LogP contribution in [0.15, 0.2) is 0 Å². The summed E-state index contributed by atoms with van der Waals surface area (Å²) in [5.74, 6) is 5.65. The molecule has 1 aliphatic heterocycles. The minimum absolute atomic E-state index is 0.671. The second-order valence-corrected chi connectivity index (χ2v) is 2.88. The zero-order valence-corrected chi connectivity index (χ0v) is 6.55. The monoisotopic (exact) mass is 144 g/mol. The van der Waals surface area contributed by atoms with Crippen molar-refractivity contribution in [2.45, 2.75) is 13.3 Å². The first-order valence-electron chi connectivity index (χ1n) is 3.90. The summed E-state index contributed by atoms with van der Waals surface area (Å²) in [6, 6.07) is 0. The Kier molecular flexibility index (Phi) is 3.12. The van der Waals surface area contributed by atoms with Crippen molar-refractivity contribution in [3.63, 3.8) is 0 Å². The smallest absolute Gasteiger partial charge is 0.0720 e. The van der Waals surface area contributed by atoms with E-state index in [0.29, 0.717) is 5.92 Å². The second kappa shape index (κ2) is 3.91. The fourth-order valence-electron chi connectivity index (χ4n) is 1.47. The second-order valence-electron chi connectivity index (χ2n) is 2.88. The molecule has 60 valence electrons. The van der Waals surface area contributed by atoms with E-state index < -0.39 is 0 Å². The Bertz CT molecular complexity index is 97.6. The lowest BCUT2D eigenvalue weighted by molar-refractivity contribution is 0.103. The van der Waals surface area contributed by atoms with E-state index in [9.17, 15) is 0 Å². The lowest BCUT2D eigenvalue weighted by Gasteiger charge is -2.11. The lowest BCUT2D eigenvalue weighted by Crippen LogP contribution is -2.21. The minimum atomic E-state index is 0.671. The summed E-state index contributed by atoms with van der Waals surface area (Å²) in [4.78, 5) is 7.01. The van der Waals surface area contributed by atoms with Crippen molar-refractivity contribution >= 4 is 0 Å². The first-order chi connectivity index (χ1) is 4.86. The maximum absolute atomic E-state index is 4.98. The SMILES string of the molecule is CCN1CCC(CON)C1. The Balaban J connectivity index is 2.15. The quantitative estimate of drug-likeness (QED) is 0.576. The molecule has 1 unspecified atom stereocenters. The zero-order valence-electron chi connectivity index (χ0n) is 6.55. The van der Waals surface area contributed by atoms with Gasteiger partial charge in [-0.25, -0.2) is 5.90 Å². The summed E-state index contributed by atoms with van der Waals surface area (Å²) in [7, 11) is 0. The molecule has 1 atom stereocenters. The van der Waals surface area contributed by atoms with Crippen LogP contribution < -0.4 is 5.90 Å².